The highest BCUT2D eigenvalue weighted by molar-refractivity contribution is 5.10. The summed E-state index contributed by atoms with van der Waals surface area (Å²) in [6.45, 7) is 8.90. The van der Waals surface area contributed by atoms with Gasteiger partial charge in [-0.3, -0.25) is 0 Å². The molecule has 1 heteroatoms. The molecule has 1 saturated carbocycles. The SMILES string of the molecule is CC(C)C(C)/C=C/C(C)(N)C1CC1. The van der Waals surface area contributed by atoms with Crippen LogP contribution in [0.1, 0.15) is 40.5 Å². The van der Waals surface area contributed by atoms with E-state index >= 15 is 0 Å². The molecule has 2 atom stereocenters. The summed E-state index contributed by atoms with van der Waals surface area (Å²) in [5.41, 5.74) is 6.13. The second-order valence-electron chi connectivity index (χ2n) is 5.10. The summed E-state index contributed by atoms with van der Waals surface area (Å²) in [4.78, 5) is 0. The molecule has 0 aromatic rings. The minimum Gasteiger partial charge on any atom is -0.322 e. The molecule has 0 amide bonds. The molecule has 76 valence electrons. The van der Waals surface area contributed by atoms with Crippen LogP contribution in [0.15, 0.2) is 12.2 Å². The number of nitrogens with two attached hydrogens (primary N) is 1. The summed E-state index contributed by atoms with van der Waals surface area (Å²) in [6, 6.07) is 0. The summed E-state index contributed by atoms with van der Waals surface area (Å²) in [7, 11) is 0. The van der Waals surface area contributed by atoms with Crippen LogP contribution in [-0.4, -0.2) is 5.54 Å². The Morgan fingerprint density at radius 1 is 1.31 bits per heavy atom. The van der Waals surface area contributed by atoms with Gasteiger partial charge in [0.1, 0.15) is 0 Å². The molecule has 0 saturated heterocycles. The standard InChI is InChI=1S/C12H23N/c1-9(2)10(3)7-8-12(4,13)11-5-6-11/h7-11H,5-6,13H2,1-4H3/b8-7+. The van der Waals surface area contributed by atoms with Gasteiger partial charge in [0.25, 0.3) is 0 Å². The molecule has 1 nitrogen and oxygen atoms in total. The van der Waals surface area contributed by atoms with Crippen LogP contribution in [0.2, 0.25) is 0 Å². The molecule has 0 radical (unpaired) electrons. The van der Waals surface area contributed by atoms with Crippen LogP contribution in [-0.2, 0) is 0 Å². The van der Waals surface area contributed by atoms with Crippen LogP contribution < -0.4 is 5.73 Å². The van der Waals surface area contributed by atoms with Crippen molar-refractivity contribution in [2.45, 2.75) is 46.1 Å². The Labute approximate surface area is 82.4 Å². The lowest BCUT2D eigenvalue weighted by atomic mass is 9.91. The Morgan fingerprint density at radius 3 is 2.23 bits per heavy atom. The van der Waals surface area contributed by atoms with Crippen molar-refractivity contribution >= 4 is 0 Å². The maximum atomic E-state index is 6.18. The zero-order valence-electron chi connectivity index (χ0n) is 9.38. The Kier molecular flexibility index (Phi) is 3.18. The third-order valence-corrected chi connectivity index (χ3v) is 3.27. The zero-order chi connectivity index (χ0) is 10.1. The minimum absolute atomic E-state index is 0.0524. The number of rotatable bonds is 4. The van der Waals surface area contributed by atoms with Crippen molar-refractivity contribution in [3.05, 3.63) is 12.2 Å². The van der Waals surface area contributed by atoms with Crippen LogP contribution in [0, 0.1) is 17.8 Å². The fourth-order valence-corrected chi connectivity index (χ4v) is 1.42. The van der Waals surface area contributed by atoms with Crippen molar-refractivity contribution in [2.75, 3.05) is 0 Å². The number of allylic oxidation sites excluding steroid dienone is 1. The molecule has 1 rings (SSSR count). The maximum absolute atomic E-state index is 6.18. The van der Waals surface area contributed by atoms with E-state index in [0.717, 1.165) is 5.92 Å². The molecular formula is C12H23N. The smallest absolute Gasteiger partial charge is 0.0339 e. The quantitative estimate of drug-likeness (QED) is 0.663. The van der Waals surface area contributed by atoms with E-state index in [2.05, 4.69) is 39.8 Å². The summed E-state index contributed by atoms with van der Waals surface area (Å²) < 4.78 is 0. The third kappa shape index (κ3) is 3.15. The van der Waals surface area contributed by atoms with E-state index in [1.807, 2.05) is 0 Å². The van der Waals surface area contributed by atoms with E-state index in [1.54, 1.807) is 0 Å². The molecule has 0 bridgehead atoms. The van der Waals surface area contributed by atoms with Crippen molar-refractivity contribution in [3.63, 3.8) is 0 Å². The van der Waals surface area contributed by atoms with Gasteiger partial charge in [-0.15, -0.1) is 0 Å². The Morgan fingerprint density at radius 2 is 1.85 bits per heavy atom. The van der Waals surface area contributed by atoms with Gasteiger partial charge in [0, 0.05) is 5.54 Å². The highest BCUT2D eigenvalue weighted by atomic mass is 14.8. The van der Waals surface area contributed by atoms with Gasteiger partial charge < -0.3 is 5.73 Å². The summed E-state index contributed by atoms with van der Waals surface area (Å²) in [5.74, 6) is 2.09. The van der Waals surface area contributed by atoms with Crippen LogP contribution in [0.3, 0.4) is 0 Å². The topological polar surface area (TPSA) is 26.0 Å². The molecule has 13 heavy (non-hydrogen) atoms. The van der Waals surface area contributed by atoms with E-state index in [-0.39, 0.29) is 5.54 Å². The van der Waals surface area contributed by atoms with E-state index in [0.29, 0.717) is 11.8 Å². The van der Waals surface area contributed by atoms with Gasteiger partial charge in [0.2, 0.25) is 0 Å². The van der Waals surface area contributed by atoms with Crippen LogP contribution in [0.5, 0.6) is 0 Å². The lowest BCUT2D eigenvalue weighted by Gasteiger charge is -2.21. The normalized spacial score (nSPS) is 25.1. The first kappa shape index (κ1) is 10.8. The van der Waals surface area contributed by atoms with Gasteiger partial charge in [0.05, 0.1) is 0 Å². The molecule has 0 aromatic carbocycles. The molecule has 1 aliphatic rings. The molecule has 0 spiro atoms. The number of hydrogen-bond acceptors (Lipinski definition) is 1. The molecule has 1 fully saturated rings. The Balaban J connectivity index is 2.45. The fourth-order valence-electron chi connectivity index (χ4n) is 1.42. The molecule has 0 aromatic heterocycles. The summed E-state index contributed by atoms with van der Waals surface area (Å²) in [6.07, 6.45) is 7.12. The highest BCUT2D eigenvalue weighted by Crippen LogP contribution is 2.38. The van der Waals surface area contributed by atoms with E-state index in [4.69, 9.17) is 5.73 Å². The predicted molar refractivity (Wildman–Crippen MR) is 58.5 cm³/mol. The number of hydrogen-bond donors (Lipinski definition) is 1. The van der Waals surface area contributed by atoms with Gasteiger partial charge in [0.15, 0.2) is 0 Å². The van der Waals surface area contributed by atoms with Crippen molar-refractivity contribution in [1.82, 2.24) is 0 Å². The zero-order valence-corrected chi connectivity index (χ0v) is 9.38. The molecule has 0 aliphatic heterocycles. The first-order valence-corrected chi connectivity index (χ1v) is 5.41. The Hall–Kier alpha value is -0.300. The second-order valence-corrected chi connectivity index (χ2v) is 5.10. The van der Waals surface area contributed by atoms with Crippen molar-refractivity contribution in [1.29, 1.82) is 0 Å². The molecule has 0 heterocycles. The monoisotopic (exact) mass is 181 g/mol. The average molecular weight is 181 g/mol. The predicted octanol–water partition coefficient (Wildman–Crippen LogP) is 2.96. The Bertz CT molecular complexity index is 187. The van der Waals surface area contributed by atoms with Gasteiger partial charge in [-0.2, -0.15) is 0 Å². The molecule has 2 unspecified atom stereocenters. The summed E-state index contributed by atoms with van der Waals surface area (Å²) >= 11 is 0. The molecule has 1 aliphatic carbocycles. The largest absolute Gasteiger partial charge is 0.322 e. The van der Waals surface area contributed by atoms with E-state index in [9.17, 15) is 0 Å². The first-order chi connectivity index (χ1) is 5.93. The highest BCUT2D eigenvalue weighted by Gasteiger charge is 2.36. The average Bonchev–Trinajstić information content (AvgIpc) is 2.81. The van der Waals surface area contributed by atoms with Crippen LogP contribution >= 0.6 is 0 Å². The van der Waals surface area contributed by atoms with Crippen molar-refractivity contribution in [3.8, 4) is 0 Å². The van der Waals surface area contributed by atoms with E-state index < -0.39 is 0 Å². The fraction of sp³-hybridized carbons (Fsp3) is 0.833. The molecular weight excluding hydrogens is 158 g/mol. The van der Waals surface area contributed by atoms with Crippen LogP contribution in [0.25, 0.3) is 0 Å². The lowest BCUT2D eigenvalue weighted by Crippen LogP contribution is -2.36. The minimum atomic E-state index is -0.0524. The maximum Gasteiger partial charge on any atom is 0.0339 e. The van der Waals surface area contributed by atoms with Gasteiger partial charge in [-0.05, 0) is 37.5 Å². The van der Waals surface area contributed by atoms with Gasteiger partial charge in [-0.25, -0.2) is 0 Å². The van der Waals surface area contributed by atoms with E-state index in [1.165, 1.54) is 12.8 Å². The van der Waals surface area contributed by atoms with Crippen molar-refractivity contribution < 1.29 is 0 Å². The lowest BCUT2D eigenvalue weighted by molar-refractivity contribution is 0.478. The first-order valence-electron chi connectivity index (χ1n) is 5.41. The van der Waals surface area contributed by atoms with Gasteiger partial charge in [-0.1, -0.05) is 32.9 Å². The molecule has 2 N–H and O–H groups in total. The third-order valence-electron chi connectivity index (χ3n) is 3.27. The van der Waals surface area contributed by atoms with Gasteiger partial charge >= 0.3 is 0 Å². The second kappa shape index (κ2) is 3.83. The summed E-state index contributed by atoms with van der Waals surface area (Å²) in [5, 5.41) is 0. The van der Waals surface area contributed by atoms with Crippen molar-refractivity contribution in [2.24, 2.45) is 23.5 Å². The van der Waals surface area contributed by atoms with Crippen LogP contribution in [0.4, 0.5) is 0 Å².